The standard InChI is InChI=1S/C21H27N3O/c1-2-18-10-6-7-11-20(18)23-21(25)22-19-12-14-24(15-13-19)16-17-8-4-3-5-9-17/h3-11,19H,2,12-16H2,1H3,(H2,22,23,25). The van der Waals surface area contributed by atoms with Crippen LogP contribution in [0.15, 0.2) is 54.6 Å². The number of aryl methyl sites for hydroxylation is 1. The molecule has 2 aromatic rings. The number of nitrogens with one attached hydrogen (secondary N) is 2. The van der Waals surface area contributed by atoms with E-state index in [-0.39, 0.29) is 12.1 Å². The van der Waals surface area contributed by atoms with E-state index in [1.54, 1.807) is 0 Å². The maximum absolute atomic E-state index is 12.3. The van der Waals surface area contributed by atoms with Crippen LogP contribution in [0.2, 0.25) is 0 Å². The molecule has 3 rings (SSSR count). The van der Waals surface area contributed by atoms with Gasteiger partial charge in [-0.3, -0.25) is 4.90 Å². The average molecular weight is 337 g/mol. The molecule has 0 saturated carbocycles. The minimum absolute atomic E-state index is 0.0950. The van der Waals surface area contributed by atoms with Crippen LogP contribution in [0.5, 0.6) is 0 Å². The number of amides is 2. The van der Waals surface area contributed by atoms with Crippen LogP contribution in [0.3, 0.4) is 0 Å². The summed E-state index contributed by atoms with van der Waals surface area (Å²) in [6.07, 6.45) is 2.90. The van der Waals surface area contributed by atoms with E-state index in [2.05, 4.69) is 58.9 Å². The fourth-order valence-corrected chi connectivity index (χ4v) is 3.37. The van der Waals surface area contributed by atoms with Gasteiger partial charge in [0.2, 0.25) is 0 Å². The molecule has 1 aliphatic heterocycles. The van der Waals surface area contributed by atoms with E-state index in [9.17, 15) is 4.79 Å². The number of hydrogen-bond acceptors (Lipinski definition) is 2. The summed E-state index contributed by atoms with van der Waals surface area (Å²) in [7, 11) is 0. The van der Waals surface area contributed by atoms with Crippen LogP contribution < -0.4 is 10.6 Å². The van der Waals surface area contributed by atoms with E-state index < -0.39 is 0 Å². The van der Waals surface area contributed by atoms with Gasteiger partial charge in [0.25, 0.3) is 0 Å². The van der Waals surface area contributed by atoms with Crippen molar-refractivity contribution in [2.45, 2.75) is 38.8 Å². The highest BCUT2D eigenvalue weighted by atomic mass is 16.2. The summed E-state index contributed by atoms with van der Waals surface area (Å²) in [6.45, 7) is 5.13. The highest BCUT2D eigenvalue weighted by Crippen LogP contribution is 2.17. The molecule has 2 aromatic carbocycles. The number of carbonyl (C=O) groups excluding carboxylic acids is 1. The van der Waals surface area contributed by atoms with Gasteiger partial charge in [0.05, 0.1) is 0 Å². The number of rotatable bonds is 5. The third-order valence-corrected chi connectivity index (χ3v) is 4.82. The largest absolute Gasteiger partial charge is 0.335 e. The van der Waals surface area contributed by atoms with Gasteiger partial charge < -0.3 is 10.6 Å². The van der Waals surface area contributed by atoms with Gasteiger partial charge in [-0.2, -0.15) is 0 Å². The van der Waals surface area contributed by atoms with E-state index in [0.717, 1.165) is 50.1 Å². The SMILES string of the molecule is CCc1ccccc1NC(=O)NC1CCN(Cc2ccccc2)CC1. The van der Waals surface area contributed by atoms with E-state index >= 15 is 0 Å². The molecular weight excluding hydrogens is 310 g/mol. The number of nitrogens with zero attached hydrogens (tertiary/aromatic N) is 1. The highest BCUT2D eigenvalue weighted by molar-refractivity contribution is 5.90. The Morgan fingerprint density at radius 2 is 1.72 bits per heavy atom. The normalized spacial score (nSPS) is 15.7. The monoisotopic (exact) mass is 337 g/mol. The van der Waals surface area contributed by atoms with E-state index in [1.165, 1.54) is 5.56 Å². The Hall–Kier alpha value is -2.33. The quantitative estimate of drug-likeness (QED) is 0.865. The molecule has 0 unspecified atom stereocenters. The third-order valence-electron chi connectivity index (χ3n) is 4.82. The first-order valence-electron chi connectivity index (χ1n) is 9.16. The van der Waals surface area contributed by atoms with Crippen molar-refractivity contribution in [2.24, 2.45) is 0 Å². The fourth-order valence-electron chi connectivity index (χ4n) is 3.37. The second kappa shape index (κ2) is 8.67. The molecule has 2 amide bonds. The molecule has 2 N–H and O–H groups in total. The van der Waals surface area contributed by atoms with Crippen LogP contribution in [0.4, 0.5) is 10.5 Å². The minimum Gasteiger partial charge on any atom is -0.335 e. The lowest BCUT2D eigenvalue weighted by Crippen LogP contribution is -2.45. The van der Waals surface area contributed by atoms with Crippen LogP contribution in [-0.2, 0) is 13.0 Å². The summed E-state index contributed by atoms with van der Waals surface area (Å²) in [6, 6.07) is 18.7. The zero-order valence-electron chi connectivity index (χ0n) is 14.9. The Labute approximate surface area is 150 Å². The number of urea groups is 1. The van der Waals surface area contributed by atoms with Crippen LogP contribution in [0.25, 0.3) is 0 Å². The molecule has 0 spiro atoms. The number of para-hydroxylation sites is 1. The van der Waals surface area contributed by atoms with Gasteiger partial charge in [0.1, 0.15) is 0 Å². The van der Waals surface area contributed by atoms with Crippen LogP contribution in [0.1, 0.15) is 30.9 Å². The van der Waals surface area contributed by atoms with Gasteiger partial charge in [-0.25, -0.2) is 4.79 Å². The molecule has 1 saturated heterocycles. The Bertz CT molecular complexity index is 679. The highest BCUT2D eigenvalue weighted by Gasteiger charge is 2.20. The minimum atomic E-state index is -0.0950. The van der Waals surface area contributed by atoms with Crippen molar-refractivity contribution in [3.63, 3.8) is 0 Å². The Morgan fingerprint density at radius 3 is 2.44 bits per heavy atom. The molecule has 0 aliphatic carbocycles. The fraction of sp³-hybridized carbons (Fsp3) is 0.381. The van der Waals surface area contributed by atoms with Crippen molar-refractivity contribution in [1.29, 1.82) is 0 Å². The molecule has 132 valence electrons. The predicted octanol–water partition coefficient (Wildman–Crippen LogP) is 4.04. The summed E-state index contributed by atoms with van der Waals surface area (Å²) in [5, 5.41) is 6.12. The molecular formula is C21H27N3O. The number of likely N-dealkylation sites (tertiary alicyclic amines) is 1. The first-order chi connectivity index (χ1) is 12.2. The van der Waals surface area contributed by atoms with Gasteiger partial charge in [0, 0.05) is 31.4 Å². The second-order valence-electron chi connectivity index (χ2n) is 6.65. The van der Waals surface area contributed by atoms with E-state index in [1.807, 2.05) is 18.2 Å². The molecule has 1 heterocycles. The topological polar surface area (TPSA) is 44.4 Å². The third kappa shape index (κ3) is 5.07. The molecule has 25 heavy (non-hydrogen) atoms. The number of benzene rings is 2. The van der Waals surface area contributed by atoms with Gasteiger partial charge in [0.15, 0.2) is 0 Å². The van der Waals surface area contributed by atoms with Gasteiger partial charge in [-0.05, 0) is 36.5 Å². The molecule has 0 aromatic heterocycles. The zero-order chi connectivity index (χ0) is 17.5. The van der Waals surface area contributed by atoms with Crippen LogP contribution in [-0.4, -0.2) is 30.1 Å². The molecule has 1 aliphatic rings. The maximum Gasteiger partial charge on any atom is 0.319 e. The van der Waals surface area contributed by atoms with Crippen molar-refractivity contribution in [1.82, 2.24) is 10.2 Å². The number of piperidine rings is 1. The molecule has 0 bridgehead atoms. The molecule has 0 atom stereocenters. The first-order valence-corrected chi connectivity index (χ1v) is 9.16. The summed E-state index contributed by atoms with van der Waals surface area (Å²) < 4.78 is 0. The van der Waals surface area contributed by atoms with Crippen molar-refractivity contribution >= 4 is 11.7 Å². The van der Waals surface area contributed by atoms with Crippen LogP contribution in [0, 0.1) is 0 Å². The van der Waals surface area contributed by atoms with Crippen molar-refractivity contribution in [3.05, 3.63) is 65.7 Å². The Morgan fingerprint density at radius 1 is 1.04 bits per heavy atom. The summed E-state index contributed by atoms with van der Waals surface area (Å²) in [5.41, 5.74) is 3.42. The smallest absolute Gasteiger partial charge is 0.319 e. The lowest BCUT2D eigenvalue weighted by atomic mass is 10.0. The van der Waals surface area contributed by atoms with Gasteiger partial charge in [-0.1, -0.05) is 55.5 Å². The van der Waals surface area contributed by atoms with E-state index in [0.29, 0.717) is 0 Å². The second-order valence-corrected chi connectivity index (χ2v) is 6.65. The zero-order valence-corrected chi connectivity index (χ0v) is 14.9. The van der Waals surface area contributed by atoms with E-state index in [4.69, 9.17) is 0 Å². The van der Waals surface area contributed by atoms with Gasteiger partial charge in [-0.15, -0.1) is 0 Å². The Kier molecular flexibility index (Phi) is 6.07. The van der Waals surface area contributed by atoms with Gasteiger partial charge >= 0.3 is 6.03 Å². The Balaban J connectivity index is 1.45. The summed E-state index contributed by atoms with van der Waals surface area (Å²) in [5.74, 6) is 0. The van der Waals surface area contributed by atoms with Crippen LogP contribution >= 0.6 is 0 Å². The molecule has 0 radical (unpaired) electrons. The lowest BCUT2D eigenvalue weighted by Gasteiger charge is -2.32. The maximum atomic E-state index is 12.3. The lowest BCUT2D eigenvalue weighted by molar-refractivity contribution is 0.190. The summed E-state index contributed by atoms with van der Waals surface area (Å²) in [4.78, 5) is 14.7. The molecule has 1 fully saturated rings. The van der Waals surface area contributed by atoms with Crippen molar-refractivity contribution < 1.29 is 4.79 Å². The number of carbonyl (C=O) groups is 1. The summed E-state index contributed by atoms with van der Waals surface area (Å²) >= 11 is 0. The number of hydrogen-bond donors (Lipinski definition) is 2. The molecule has 4 nitrogen and oxygen atoms in total. The number of anilines is 1. The average Bonchev–Trinajstić information content (AvgIpc) is 2.64. The van der Waals surface area contributed by atoms with Crippen molar-refractivity contribution in [3.8, 4) is 0 Å². The van der Waals surface area contributed by atoms with Crippen molar-refractivity contribution in [2.75, 3.05) is 18.4 Å². The predicted molar refractivity (Wildman–Crippen MR) is 103 cm³/mol. The molecule has 4 heteroatoms. The first kappa shape index (κ1) is 17.5.